The summed E-state index contributed by atoms with van der Waals surface area (Å²) in [6, 6.07) is 10.0. The van der Waals surface area contributed by atoms with Crippen LogP contribution in [0.3, 0.4) is 0 Å². The highest BCUT2D eigenvalue weighted by atomic mass is 16.4. The number of aliphatic hydroxyl groups is 1. The lowest BCUT2D eigenvalue weighted by atomic mass is 10.1. The van der Waals surface area contributed by atoms with Crippen LogP contribution in [0.4, 0.5) is 0 Å². The van der Waals surface area contributed by atoms with Gasteiger partial charge in [0.2, 0.25) is 11.8 Å². The zero-order valence-electron chi connectivity index (χ0n) is 10.3. The van der Waals surface area contributed by atoms with Crippen molar-refractivity contribution in [2.75, 3.05) is 6.61 Å². The Labute approximate surface area is 106 Å². The molecule has 1 aromatic carbocycles. The Kier molecular flexibility index (Phi) is 4.44. The maximum atomic E-state index is 9.34. The fraction of sp³-hybridized carbons (Fsp3) is 0.385. The molecule has 0 aliphatic carbocycles. The second-order valence-corrected chi connectivity index (χ2v) is 4.16. The van der Waals surface area contributed by atoms with Crippen LogP contribution in [0.2, 0.25) is 0 Å². The molecule has 0 amide bonds. The van der Waals surface area contributed by atoms with Crippen LogP contribution < -0.4 is 5.32 Å². The van der Waals surface area contributed by atoms with Gasteiger partial charge in [-0.3, -0.25) is 0 Å². The largest absolute Gasteiger partial charge is 0.424 e. The predicted octanol–water partition coefficient (Wildman–Crippen LogP) is 1.07. The molecular formula is C13H17N3O2. The summed E-state index contributed by atoms with van der Waals surface area (Å²) in [5.74, 6) is 1.09. The van der Waals surface area contributed by atoms with E-state index in [0.717, 1.165) is 6.42 Å². The van der Waals surface area contributed by atoms with Crippen LogP contribution in [-0.2, 0) is 13.0 Å². The molecule has 18 heavy (non-hydrogen) atoms. The van der Waals surface area contributed by atoms with Crippen molar-refractivity contribution in [1.82, 2.24) is 15.5 Å². The predicted molar refractivity (Wildman–Crippen MR) is 66.9 cm³/mol. The molecule has 0 radical (unpaired) electrons. The first kappa shape index (κ1) is 12.7. The molecule has 2 aromatic rings. The first-order valence-electron chi connectivity index (χ1n) is 5.95. The Balaban J connectivity index is 1.86. The minimum Gasteiger partial charge on any atom is -0.424 e. The molecule has 5 nitrogen and oxygen atoms in total. The summed E-state index contributed by atoms with van der Waals surface area (Å²) in [6.45, 7) is 2.30. The molecule has 5 heteroatoms. The molecule has 0 saturated carbocycles. The lowest BCUT2D eigenvalue weighted by Gasteiger charge is -2.14. The van der Waals surface area contributed by atoms with Crippen molar-refractivity contribution in [3.63, 3.8) is 0 Å². The van der Waals surface area contributed by atoms with Gasteiger partial charge in [-0.05, 0) is 12.0 Å². The monoisotopic (exact) mass is 247 g/mol. The van der Waals surface area contributed by atoms with Crippen molar-refractivity contribution in [2.24, 2.45) is 0 Å². The van der Waals surface area contributed by atoms with Gasteiger partial charge in [-0.15, -0.1) is 10.2 Å². The number of aryl methyl sites for hydroxylation is 1. The number of benzene rings is 1. The summed E-state index contributed by atoms with van der Waals surface area (Å²) in [7, 11) is 0. The fourth-order valence-electron chi connectivity index (χ4n) is 1.74. The van der Waals surface area contributed by atoms with Crippen LogP contribution in [0.1, 0.15) is 17.3 Å². The van der Waals surface area contributed by atoms with Crippen molar-refractivity contribution >= 4 is 0 Å². The van der Waals surface area contributed by atoms with E-state index in [4.69, 9.17) is 4.42 Å². The van der Waals surface area contributed by atoms with Crippen LogP contribution in [0.25, 0.3) is 0 Å². The highest BCUT2D eigenvalue weighted by molar-refractivity contribution is 5.15. The average Bonchev–Trinajstić information content (AvgIpc) is 2.81. The van der Waals surface area contributed by atoms with Gasteiger partial charge >= 0.3 is 0 Å². The van der Waals surface area contributed by atoms with E-state index < -0.39 is 0 Å². The number of nitrogens with one attached hydrogen (secondary N) is 1. The summed E-state index contributed by atoms with van der Waals surface area (Å²) in [4.78, 5) is 0. The van der Waals surface area contributed by atoms with Crippen LogP contribution in [0, 0.1) is 6.92 Å². The fourth-order valence-corrected chi connectivity index (χ4v) is 1.74. The van der Waals surface area contributed by atoms with E-state index in [2.05, 4.69) is 15.5 Å². The molecule has 2 rings (SSSR count). The number of hydrogen-bond acceptors (Lipinski definition) is 5. The third kappa shape index (κ3) is 3.65. The maximum absolute atomic E-state index is 9.34. The van der Waals surface area contributed by atoms with Gasteiger partial charge in [0.25, 0.3) is 0 Å². The number of aromatic nitrogens is 2. The smallest absolute Gasteiger partial charge is 0.230 e. The highest BCUT2D eigenvalue weighted by Crippen LogP contribution is 2.04. The minimum absolute atomic E-state index is 0.0143. The normalized spacial score (nSPS) is 12.6. The van der Waals surface area contributed by atoms with Gasteiger partial charge < -0.3 is 14.8 Å². The molecule has 0 saturated heterocycles. The third-order valence-electron chi connectivity index (χ3n) is 2.66. The van der Waals surface area contributed by atoms with Crippen molar-refractivity contribution in [3.05, 3.63) is 47.7 Å². The quantitative estimate of drug-likeness (QED) is 0.799. The molecule has 0 spiro atoms. The van der Waals surface area contributed by atoms with Crippen LogP contribution in [-0.4, -0.2) is 28.0 Å². The Morgan fingerprint density at radius 3 is 2.67 bits per heavy atom. The second-order valence-electron chi connectivity index (χ2n) is 4.16. The first-order valence-corrected chi connectivity index (χ1v) is 5.95. The van der Waals surface area contributed by atoms with Gasteiger partial charge in [-0.2, -0.15) is 0 Å². The SMILES string of the molecule is Cc1nnc(CNC(CO)Cc2ccccc2)o1. The van der Waals surface area contributed by atoms with E-state index in [1.165, 1.54) is 5.56 Å². The molecular weight excluding hydrogens is 230 g/mol. The molecule has 0 fully saturated rings. The highest BCUT2D eigenvalue weighted by Gasteiger charge is 2.10. The number of aliphatic hydroxyl groups excluding tert-OH is 1. The van der Waals surface area contributed by atoms with Gasteiger partial charge in [-0.25, -0.2) is 0 Å². The van der Waals surface area contributed by atoms with Gasteiger partial charge in [0.05, 0.1) is 13.2 Å². The Bertz CT molecular complexity index is 470. The zero-order valence-corrected chi connectivity index (χ0v) is 10.3. The summed E-state index contributed by atoms with van der Waals surface area (Å²) < 4.78 is 5.26. The summed E-state index contributed by atoms with van der Waals surface area (Å²) in [5.41, 5.74) is 1.19. The Hall–Kier alpha value is -1.72. The van der Waals surface area contributed by atoms with Crippen LogP contribution in [0.15, 0.2) is 34.7 Å². The van der Waals surface area contributed by atoms with Gasteiger partial charge in [0, 0.05) is 13.0 Å². The second kappa shape index (κ2) is 6.28. The summed E-state index contributed by atoms with van der Waals surface area (Å²) >= 11 is 0. The van der Waals surface area contributed by atoms with E-state index >= 15 is 0 Å². The van der Waals surface area contributed by atoms with Crippen molar-refractivity contribution in [1.29, 1.82) is 0 Å². The van der Waals surface area contributed by atoms with Crippen molar-refractivity contribution in [2.45, 2.75) is 25.9 Å². The van der Waals surface area contributed by atoms with Crippen LogP contribution in [0.5, 0.6) is 0 Å². The van der Waals surface area contributed by atoms with Crippen LogP contribution >= 0.6 is 0 Å². The third-order valence-corrected chi connectivity index (χ3v) is 2.66. The Morgan fingerprint density at radius 2 is 2.06 bits per heavy atom. The van der Waals surface area contributed by atoms with Gasteiger partial charge in [0.15, 0.2) is 0 Å². The van der Waals surface area contributed by atoms with Gasteiger partial charge in [0.1, 0.15) is 0 Å². The number of nitrogens with zero attached hydrogens (tertiary/aromatic N) is 2. The van der Waals surface area contributed by atoms with E-state index in [1.807, 2.05) is 30.3 Å². The van der Waals surface area contributed by atoms with E-state index in [-0.39, 0.29) is 12.6 Å². The average molecular weight is 247 g/mol. The number of rotatable bonds is 6. The minimum atomic E-state index is -0.0143. The molecule has 0 bridgehead atoms. The maximum Gasteiger partial charge on any atom is 0.230 e. The lowest BCUT2D eigenvalue weighted by molar-refractivity contribution is 0.237. The molecule has 1 atom stereocenters. The summed E-state index contributed by atoms with van der Waals surface area (Å²) in [6.07, 6.45) is 0.768. The van der Waals surface area contributed by atoms with E-state index in [9.17, 15) is 5.11 Å². The van der Waals surface area contributed by atoms with Crippen molar-refractivity contribution in [3.8, 4) is 0 Å². The summed E-state index contributed by atoms with van der Waals surface area (Å²) in [5, 5.41) is 20.2. The van der Waals surface area contributed by atoms with E-state index in [0.29, 0.717) is 18.3 Å². The Morgan fingerprint density at radius 1 is 1.28 bits per heavy atom. The zero-order chi connectivity index (χ0) is 12.8. The first-order chi connectivity index (χ1) is 8.78. The van der Waals surface area contributed by atoms with Gasteiger partial charge in [-0.1, -0.05) is 30.3 Å². The standard InChI is InChI=1S/C13H17N3O2/c1-10-15-16-13(18-10)8-14-12(9-17)7-11-5-3-2-4-6-11/h2-6,12,14,17H,7-9H2,1H3. The lowest BCUT2D eigenvalue weighted by Crippen LogP contribution is -2.34. The molecule has 1 unspecified atom stereocenters. The topological polar surface area (TPSA) is 71.2 Å². The molecule has 0 aliphatic rings. The molecule has 1 aromatic heterocycles. The molecule has 2 N–H and O–H groups in total. The number of hydrogen-bond donors (Lipinski definition) is 2. The molecule has 1 heterocycles. The molecule has 96 valence electrons. The van der Waals surface area contributed by atoms with E-state index in [1.54, 1.807) is 6.92 Å². The van der Waals surface area contributed by atoms with Crippen molar-refractivity contribution < 1.29 is 9.52 Å². The molecule has 0 aliphatic heterocycles.